The summed E-state index contributed by atoms with van der Waals surface area (Å²) in [4.78, 5) is 29.9. The maximum Gasteiger partial charge on any atom is 0.254 e. The quantitative estimate of drug-likeness (QED) is 0.823. The molecule has 2 heterocycles. The van der Waals surface area contributed by atoms with Gasteiger partial charge in [-0.2, -0.15) is 0 Å². The first-order valence-electron chi connectivity index (χ1n) is 11.1. The van der Waals surface area contributed by atoms with Crippen LogP contribution in [0, 0.1) is 11.7 Å². The number of aliphatic hydroxyl groups excluding tert-OH is 1. The third-order valence-electron chi connectivity index (χ3n) is 7.35. The number of hydrogen-bond donors (Lipinski definition) is 1. The number of nitrogens with zero attached hydrogens (tertiary/aromatic N) is 2. The highest BCUT2D eigenvalue weighted by atomic mass is 19.1. The Balaban J connectivity index is 1.44. The molecule has 3 fully saturated rings. The topological polar surface area (TPSA) is 60.9 Å². The van der Waals surface area contributed by atoms with Gasteiger partial charge in [-0.25, -0.2) is 4.39 Å². The molecular formula is C25H27FN2O3. The number of amides is 2. The zero-order valence-electron chi connectivity index (χ0n) is 17.4. The normalized spacial score (nSPS) is 24.7. The van der Waals surface area contributed by atoms with Gasteiger partial charge in [-0.3, -0.25) is 9.59 Å². The van der Waals surface area contributed by atoms with E-state index < -0.39 is 11.4 Å². The highest BCUT2D eigenvalue weighted by Gasteiger charge is 2.68. The molecule has 2 atom stereocenters. The van der Waals surface area contributed by atoms with E-state index in [9.17, 15) is 19.1 Å². The standard InChI is InChI=1S/C25H27FN2O3/c26-20-12-6-11-19(13-20)23(30)27-15-25(16-27)22(17-7-2-1-3-8-17)21(14-29)28(25)24(31)18-9-4-5-10-18/h1-3,6-8,11-13,18,21-22,29H,4-5,9-10,14-16H2/t21-,22+/m1/s1. The fourth-order valence-corrected chi connectivity index (χ4v) is 5.95. The van der Waals surface area contributed by atoms with Crippen molar-refractivity contribution in [1.82, 2.24) is 9.80 Å². The second-order valence-corrected chi connectivity index (χ2v) is 9.10. The van der Waals surface area contributed by atoms with Gasteiger partial charge < -0.3 is 14.9 Å². The summed E-state index contributed by atoms with van der Waals surface area (Å²) in [6, 6.07) is 15.4. The van der Waals surface area contributed by atoms with Crippen LogP contribution in [-0.2, 0) is 4.79 Å². The predicted molar refractivity (Wildman–Crippen MR) is 114 cm³/mol. The van der Waals surface area contributed by atoms with Crippen molar-refractivity contribution in [3.63, 3.8) is 0 Å². The van der Waals surface area contributed by atoms with Crippen LogP contribution in [0.1, 0.15) is 47.5 Å². The molecule has 2 aromatic carbocycles. The molecule has 2 aliphatic heterocycles. The summed E-state index contributed by atoms with van der Waals surface area (Å²) in [5.74, 6) is -0.569. The van der Waals surface area contributed by atoms with Crippen LogP contribution in [-0.4, -0.2) is 58.0 Å². The highest BCUT2D eigenvalue weighted by molar-refractivity contribution is 5.95. The van der Waals surface area contributed by atoms with E-state index in [0.29, 0.717) is 18.7 Å². The Kier molecular flexibility index (Phi) is 5.05. The van der Waals surface area contributed by atoms with Crippen LogP contribution in [0.15, 0.2) is 54.6 Å². The van der Waals surface area contributed by atoms with E-state index in [0.717, 1.165) is 31.2 Å². The summed E-state index contributed by atoms with van der Waals surface area (Å²) in [6.45, 7) is 0.700. The Morgan fingerprint density at radius 3 is 2.39 bits per heavy atom. The highest BCUT2D eigenvalue weighted by Crippen LogP contribution is 2.55. The van der Waals surface area contributed by atoms with Crippen molar-refractivity contribution >= 4 is 11.8 Å². The van der Waals surface area contributed by atoms with Crippen LogP contribution < -0.4 is 0 Å². The van der Waals surface area contributed by atoms with Gasteiger partial charge in [0.15, 0.2) is 0 Å². The molecule has 1 N–H and O–H groups in total. The molecule has 3 aliphatic rings. The Morgan fingerprint density at radius 2 is 1.74 bits per heavy atom. The average Bonchev–Trinajstić information content (AvgIpc) is 3.28. The van der Waals surface area contributed by atoms with Crippen molar-refractivity contribution in [2.24, 2.45) is 5.92 Å². The second kappa shape index (κ2) is 7.75. The fourth-order valence-electron chi connectivity index (χ4n) is 5.95. The maximum absolute atomic E-state index is 13.6. The van der Waals surface area contributed by atoms with Crippen molar-refractivity contribution in [1.29, 1.82) is 0 Å². The number of hydrogen-bond acceptors (Lipinski definition) is 3. The van der Waals surface area contributed by atoms with Gasteiger partial charge in [0.05, 0.1) is 18.2 Å². The van der Waals surface area contributed by atoms with Crippen molar-refractivity contribution < 1.29 is 19.1 Å². The SMILES string of the molecule is O=C(c1cccc(F)c1)N1CC2(C1)[C@@H](c1ccccc1)[C@@H](CO)N2C(=O)C1CCCC1. The Hall–Kier alpha value is -2.73. The summed E-state index contributed by atoms with van der Waals surface area (Å²) in [7, 11) is 0. The average molecular weight is 423 g/mol. The molecule has 2 saturated heterocycles. The van der Waals surface area contributed by atoms with E-state index in [4.69, 9.17) is 0 Å². The van der Waals surface area contributed by atoms with Crippen LogP contribution in [0.25, 0.3) is 0 Å². The minimum Gasteiger partial charge on any atom is -0.394 e. The molecule has 0 radical (unpaired) electrons. The molecule has 5 nitrogen and oxygen atoms in total. The van der Waals surface area contributed by atoms with Crippen molar-refractivity contribution in [3.8, 4) is 0 Å². The lowest BCUT2D eigenvalue weighted by molar-refractivity contribution is -0.197. The Bertz CT molecular complexity index is 983. The van der Waals surface area contributed by atoms with E-state index in [1.807, 2.05) is 35.2 Å². The molecule has 0 aromatic heterocycles. The zero-order valence-corrected chi connectivity index (χ0v) is 17.4. The van der Waals surface area contributed by atoms with Gasteiger partial charge in [-0.1, -0.05) is 49.2 Å². The van der Waals surface area contributed by atoms with Crippen molar-refractivity contribution in [2.45, 2.75) is 43.2 Å². The molecule has 2 amide bonds. The molecule has 5 rings (SSSR count). The zero-order chi connectivity index (χ0) is 21.6. The predicted octanol–water partition coefficient (Wildman–Crippen LogP) is 3.20. The molecule has 2 aromatic rings. The van der Waals surface area contributed by atoms with Crippen LogP contribution in [0.4, 0.5) is 4.39 Å². The molecule has 162 valence electrons. The summed E-state index contributed by atoms with van der Waals surface area (Å²) < 4.78 is 13.6. The van der Waals surface area contributed by atoms with E-state index in [2.05, 4.69) is 0 Å². The van der Waals surface area contributed by atoms with Crippen LogP contribution in [0.5, 0.6) is 0 Å². The lowest BCUT2D eigenvalue weighted by atomic mass is 9.60. The molecular weight excluding hydrogens is 395 g/mol. The fraction of sp³-hybridized carbons (Fsp3) is 0.440. The third kappa shape index (κ3) is 3.16. The van der Waals surface area contributed by atoms with Gasteiger partial charge in [-0.15, -0.1) is 0 Å². The van der Waals surface area contributed by atoms with E-state index in [1.165, 1.54) is 18.2 Å². The largest absolute Gasteiger partial charge is 0.394 e. The summed E-state index contributed by atoms with van der Waals surface area (Å²) in [6.07, 6.45) is 3.91. The van der Waals surface area contributed by atoms with Crippen molar-refractivity contribution in [3.05, 3.63) is 71.5 Å². The van der Waals surface area contributed by atoms with E-state index in [1.54, 1.807) is 11.0 Å². The number of likely N-dealkylation sites (tertiary alicyclic amines) is 2. The van der Waals surface area contributed by atoms with E-state index in [-0.39, 0.29) is 36.3 Å². The molecule has 1 spiro atoms. The second-order valence-electron chi connectivity index (χ2n) is 9.10. The Labute approximate surface area is 181 Å². The number of aliphatic hydroxyl groups is 1. The lowest BCUT2D eigenvalue weighted by Gasteiger charge is -2.70. The number of carbonyl (C=O) groups excluding carboxylic acids is 2. The maximum atomic E-state index is 13.6. The number of halogens is 1. The summed E-state index contributed by atoms with van der Waals surface area (Å²) in [5, 5.41) is 10.2. The minimum atomic E-state index is -0.503. The monoisotopic (exact) mass is 422 g/mol. The summed E-state index contributed by atoms with van der Waals surface area (Å²) in [5.41, 5.74) is 0.893. The molecule has 31 heavy (non-hydrogen) atoms. The first-order valence-corrected chi connectivity index (χ1v) is 11.1. The van der Waals surface area contributed by atoms with Crippen LogP contribution >= 0.6 is 0 Å². The van der Waals surface area contributed by atoms with Gasteiger partial charge in [0.25, 0.3) is 5.91 Å². The molecule has 0 bridgehead atoms. The first-order chi connectivity index (χ1) is 15.0. The summed E-state index contributed by atoms with van der Waals surface area (Å²) >= 11 is 0. The third-order valence-corrected chi connectivity index (χ3v) is 7.35. The van der Waals surface area contributed by atoms with Crippen molar-refractivity contribution in [2.75, 3.05) is 19.7 Å². The number of carbonyl (C=O) groups is 2. The number of benzene rings is 2. The lowest BCUT2D eigenvalue weighted by Crippen LogP contribution is -2.86. The van der Waals surface area contributed by atoms with Gasteiger partial charge in [-0.05, 0) is 36.6 Å². The molecule has 0 unspecified atom stereocenters. The molecule has 6 heteroatoms. The molecule has 1 aliphatic carbocycles. The smallest absolute Gasteiger partial charge is 0.254 e. The van der Waals surface area contributed by atoms with E-state index >= 15 is 0 Å². The number of rotatable bonds is 4. The van der Waals surface area contributed by atoms with Gasteiger partial charge in [0, 0.05) is 30.5 Å². The molecule has 1 saturated carbocycles. The van der Waals surface area contributed by atoms with Crippen LogP contribution in [0.2, 0.25) is 0 Å². The Morgan fingerprint density at radius 1 is 1.03 bits per heavy atom. The van der Waals surface area contributed by atoms with Gasteiger partial charge in [0.1, 0.15) is 5.82 Å². The van der Waals surface area contributed by atoms with Gasteiger partial charge >= 0.3 is 0 Å². The van der Waals surface area contributed by atoms with Gasteiger partial charge in [0.2, 0.25) is 5.91 Å². The van der Waals surface area contributed by atoms with Crippen LogP contribution in [0.3, 0.4) is 0 Å². The minimum absolute atomic E-state index is 0.00983. The first kappa shape index (κ1) is 20.2.